The molecule has 2 N–H and O–H groups in total. The summed E-state index contributed by atoms with van der Waals surface area (Å²) < 4.78 is 23.1. The Bertz CT molecular complexity index is 694. The third kappa shape index (κ3) is 5.82. The molecule has 1 saturated carbocycles. The Labute approximate surface area is 145 Å². The molecule has 0 aromatic heterocycles. The van der Waals surface area contributed by atoms with Crippen LogP contribution >= 0.6 is 0 Å². The predicted molar refractivity (Wildman–Crippen MR) is 100 cm³/mol. The van der Waals surface area contributed by atoms with Gasteiger partial charge in [0.25, 0.3) is 0 Å². The first-order chi connectivity index (χ1) is 11.2. The van der Waals surface area contributed by atoms with Crippen molar-refractivity contribution in [1.82, 2.24) is 10.6 Å². The van der Waals surface area contributed by atoms with Gasteiger partial charge in [-0.05, 0) is 31.2 Å². The summed E-state index contributed by atoms with van der Waals surface area (Å²) in [6.45, 7) is 5.71. The molecule has 0 amide bonds. The average Bonchev–Trinajstić information content (AvgIpc) is 3.24. The highest BCUT2D eigenvalue weighted by Gasteiger charge is 2.45. The lowest BCUT2D eigenvalue weighted by atomic mass is 9.99. The van der Waals surface area contributed by atoms with Gasteiger partial charge in [-0.15, -0.1) is 0 Å². The van der Waals surface area contributed by atoms with Crippen LogP contribution < -0.4 is 10.6 Å². The van der Waals surface area contributed by atoms with E-state index in [0.717, 1.165) is 25.3 Å². The van der Waals surface area contributed by atoms with E-state index in [1.54, 1.807) is 7.05 Å². The van der Waals surface area contributed by atoms with Gasteiger partial charge in [0.1, 0.15) is 9.84 Å². The number of hydrogen-bond acceptors (Lipinski definition) is 3. The molecule has 1 atom stereocenters. The van der Waals surface area contributed by atoms with Crippen molar-refractivity contribution >= 4 is 15.8 Å². The van der Waals surface area contributed by atoms with E-state index in [1.165, 1.54) is 17.4 Å². The Morgan fingerprint density at radius 2 is 2.04 bits per heavy atom. The summed E-state index contributed by atoms with van der Waals surface area (Å²) in [6, 6.07) is 8.52. The molecule has 2 rings (SSSR count). The molecule has 6 heteroatoms. The molecule has 0 saturated heterocycles. The van der Waals surface area contributed by atoms with Crippen LogP contribution in [-0.4, -0.2) is 46.5 Å². The molecule has 1 aliphatic carbocycles. The summed E-state index contributed by atoms with van der Waals surface area (Å²) in [4.78, 5) is 4.24. The predicted octanol–water partition coefficient (Wildman–Crippen LogP) is 2.09. The summed E-state index contributed by atoms with van der Waals surface area (Å²) in [5.41, 5.74) is 2.46. The first-order valence-corrected chi connectivity index (χ1v) is 10.5. The normalized spacial score (nSPS) is 18.1. The minimum atomic E-state index is -2.94. The van der Waals surface area contributed by atoms with Crippen LogP contribution in [0, 0.1) is 12.3 Å². The molecule has 1 aliphatic rings. The highest BCUT2D eigenvalue weighted by Crippen LogP contribution is 2.45. The number of sulfone groups is 1. The lowest BCUT2D eigenvalue weighted by Gasteiger charge is -2.20. The first-order valence-electron chi connectivity index (χ1n) is 8.42. The number of nitrogens with one attached hydrogen (secondary N) is 2. The van der Waals surface area contributed by atoms with Crippen LogP contribution in [-0.2, 0) is 9.84 Å². The molecule has 5 nitrogen and oxygen atoms in total. The standard InChI is InChI=1S/C18H29N3O2S/c1-14-6-5-7-16(10-14)15(2)11-20-17(19-3)21-12-18(8-9-18)13-24(4,22)23/h5-7,10,15H,8-9,11-13H2,1-4H3,(H2,19,20,21). The maximum atomic E-state index is 11.5. The molecule has 1 fully saturated rings. The second kappa shape index (κ2) is 7.55. The number of aliphatic imine (C=N–C) groups is 1. The van der Waals surface area contributed by atoms with Gasteiger partial charge < -0.3 is 10.6 Å². The van der Waals surface area contributed by atoms with Gasteiger partial charge in [-0.2, -0.15) is 0 Å². The summed E-state index contributed by atoms with van der Waals surface area (Å²) >= 11 is 0. The minimum Gasteiger partial charge on any atom is -0.356 e. The lowest BCUT2D eigenvalue weighted by molar-refractivity contribution is 0.528. The number of benzene rings is 1. The van der Waals surface area contributed by atoms with E-state index < -0.39 is 9.84 Å². The third-order valence-electron chi connectivity index (χ3n) is 4.57. The van der Waals surface area contributed by atoms with Gasteiger partial charge in [0, 0.05) is 31.8 Å². The number of rotatable bonds is 7. The van der Waals surface area contributed by atoms with Gasteiger partial charge in [-0.25, -0.2) is 8.42 Å². The molecule has 0 bridgehead atoms. The lowest BCUT2D eigenvalue weighted by Crippen LogP contribution is -2.42. The Kier molecular flexibility index (Phi) is 5.91. The Morgan fingerprint density at radius 3 is 2.58 bits per heavy atom. The second-order valence-electron chi connectivity index (χ2n) is 7.19. The van der Waals surface area contributed by atoms with Gasteiger partial charge in [0.15, 0.2) is 5.96 Å². The number of aryl methyl sites for hydroxylation is 1. The van der Waals surface area contributed by atoms with Crippen molar-refractivity contribution < 1.29 is 8.42 Å². The SMILES string of the molecule is CN=C(NCC(C)c1cccc(C)c1)NCC1(CS(C)(=O)=O)CC1. The molecule has 0 radical (unpaired) electrons. The smallest absolute Gasteiger partial charge is 0.191 e. The minimum absolute atomic E-state index is 0.104. The number of hydrogen-bond donors (Lipinski definition) is 2. The van der Waals surface area contributed by atoms with Crippen molar-refractivity contribution in [3.8, 4) is 0 Å². The Morgan fingerprint density at radius 1 is 1.33 bits per heavy atom. The molecular weight excluding hydrogens is 322 g/mol. The zero-order valence-electron chi connectivity index (χ0n) is 15.1. The van der Waals surface area contributed by atoms with E-state index in [9.17, 15) is 8.42 Å². The van der Waals surface area contributed by atoms with Crippen molar-refractivity contribution in [2.45, 2.75) is 32.6 Å². The number of nitrogens with zero attached hydrogens (tertiary/aromatic N) is 1. The molecule has 0 aliphatic heterocycles. The fourth-order valence-corrected chi connectivity index (χ4v) is 4.44. The quantitative estimate of drug-likeness (QED) is 0.583. The molecular formula is C18H29N3O2S. The van der Waals surface area contributed by atoms with E-state index in [1.807, 2.05) is 0 Å². The second-order valence-corrected chi connectivity index (χ2v) is 9.33. The average molecular weight is 352 g/mol. The summed E-state index contributed by atoms with van der Waals surface area (Å²) in [6.07, 6.45) is 3.23. The van der Waals surface area contributed by atoms with Crippen LogP contribution in [0.2, 0.25) is 0 Å². The van der Waals surface area contributed by atoms with Crippen LogP contribution in [0.3, 0.4) is 0 Å². The molecule has 1 aromatic carbocycles. The zero-order chi connectivity index (χ0) is 17.8. The summed E-state index contributed by atoms with van der Waals surface area (Å²) in [5, 5.41) is 6.63. The van der Waals surface area contributed by atoms with Crippen molar-refractivity contribution in [3.63, 3.8) is 0 Å². The Hall–Kier alpha value is -1.56. The van der Waals surface area contributed by atoms with Gasteiger partial charge in [0.2, 0.25) is 0 Å². The van der Waals surface area contributed by atoms with E-state index in [-0.39, 0.29) is 11.2 Å². The van der Waals surface area contributed by atoms with Crippen molar-refractivity contribution in [2.75, 3.05) is 32.1 Å². The third-order valence-corrected chi connectivity index (χ3v) is 5.70. The van der Waals surface area contributed by atoms with E-state index in [2.05, 4.69) is 53.7 Å². The van der Waals surface area contributed by atoms with Crippen LogP contribution in [0.25, 0.3) is 0 Å². The topological polar surface area (TPSA) is 70.6 Å². The van der Waals surface area contributed by atoms with Crippen LogP contribution in [0.15, 0.2) is 29.3 Å². The number of guanidine groups is 1. The molecule has 1 aromatic rings. The van der Waals surface area contributed by atoms with Crippen molar-refractivity contribution in [3.05, 3.63) is 35.4 Å². The highest BCUT2D eigenvalue weighted by molar-refractivity contribution is 7.90. The van der Waals surface area contributed by atoms with E-state index in [0.29, 0.717) is 12.5 Å². The van der Waals surface area contributed by atoms with E-state index >= 15 is 0 Å². The summed E-state index contributed by atoms with van der Waals surface area (Å²) in [7, 11) is -1.20. The maximum Gasteiger partial charge on any atom is 0.191 e. The van der Waals surface area contributed by atoms with Crippen molar-refractivity contribution in [2.24, 2.45) is 10.4 Å². The highest BCUT2D eigenvalue weighted by atomic mass is 32.2. The van der Waals surface area contributed by atoms with E-state index in [4.69, 9.17) is 0 Å². The van der Waals surface area contributed by atoms with Crippen molar-refractivity contribution in [1.29, 1.82) is 0 Å². The molecule has 134 valence electrons. The Balaban J connectivity index is 1.83. The molecule has 24 heavy (non-hydrogen) atoms. The first kappa shape index (κ1) is 18.8. The zero-order valence-corrected chi connectivity index (χ0v) is 15.9. The monoisotopic (exact) mass is 351 g/mol. The van der Waals surface area contributed by atoms with Gasteiger partial charge in [0.05, 0.1) is 5.75 Å². The van der Waals surface area contributed by atoms with Gasteiger partial charge >= 0.3 is 0 Å². The van der Waals surface area contributed by atoms with Gasteiger partial charge in [-0.1, -0.05) is 36.8 Å². The maximum absolute atomic E-state index is 11.5. The van der Waals surface area contributed by atoms with Crippen LogP contribution in [0.5, 0.6) is 0 Å². The van der Waals surface area contributed by atoms with Crippen LogP contribution in [0.1, 0.15) is 36.8 Å². The molecule has 0 spiro atoms. The van der Waals surface area contributed by atoms with Crippen LogP contribution in [0.4, 0.5) is 0 Å². The largest absolute Gasteiger partial charge is 0.356 e. The molecule has 1 unspecified atom stereocenters. The fourth-order valence-electron chi connectivity index (χ4n) is 2.94. The molecule has 0 heterocycles. The summed E-state index contributed by atoms with van der Waals surface area (Å²) in [5.74, 6) is 1.35. The van der Waals surface area contributed by atoms with Gasteiger partial charge in [-0.3, -0.25) is 4.99 Å². The fraction of sp³-hybridized carbons (Fsp3) is 0.611.